The van der Waals surface area contributed by atoms with Crippen molar-refractivity contribution in [3.05, 3.63) is 75.5 Å². The maximum atomic E-state index is 13.0. The third-order valence-corrected chi connectivity index (χ3v) is 6.92. The smallest absolute Gasteiger partial charge is 0.339 e. The first-order chi connectivity index (χ1) is 17.4. The summed E-state index contributed by atoms with van der Waals surface area (Å²) in [6, 6.07) is 14.3. The molecule has 188 valence electrons. The van der Waals surface area contributed by atoms with Gasteiger partial charge in [0.25, 0.3) is 11.8 Å². The van der Waals surface area contributed by atoms with E-state index in [2.05, 4.69) is 16.7 Å². The molecule has 3 aromatic rings. The summed E-state index contributed by atoms with van der Waals surface area (Å²) >= 11 is 1.29. The Labute approximate surface area is 213 Å². The van der Waals surface area contributed by atoms with E-state index in [-0.39, 0.29) is 40.6 Å². The van der Waals surface area contributed by atoms with Crippen molar-refractivity contribution in [3.63, 3.8) is 0 Å². The Kier molecular flexibility index (Phi) is 7.90. The van der Waals surface area contributed by atoms with E-state index in [1.807, 2.05) is 18.2 Å². The number of nitrogens with one attached hydrogen (secondary N) is 2. The summed E-state index contributed by atoms with van der Waals surface area (Å²) in [5.41, 5.74) is 2.68. The molecule has 2 unspecified atom stereocenters. The second kappa shape index (κ2) is 11.3. The molecule has 0 spiro atoms. The normalized spacial score (nSPS) is 15.2. The number of ether oxygens (including phenoxy) is 3. The maximum absolute atomic E-state index is 13.0. The minimum atomic E-state index is -1.02. The molecule has 9 heteroatoms. The number of hydrogen-bond donors (Lipinski definition) is 2. The van der Waals surface area contributed by atoms with E-state index in [0.29, 0.717) is 4.88 Å². The predicted molar refractivity (Wildman–Crippen MR) is 137 cm³/mol. The number of thiophene rings is 1. The molecule has 1 heterocycles. The lowest BCUT2D eigenvalue weighted by Gasteiger charge is -2.27. The molecule has 0 radical (unpaired) electrons. The van der Waals surface area contributed by atoms with Crippen LogP contribution in [0.2, 0.25) is 0 Å². The van der Waals surface area contributed by atoms with Crippen molar-refractivity contribution in [1.82, 2.24) is 5.32 Å². The minimum Gasteiger partial charge on any atom is -0.493 e. The van der Waals surface area contributed by atoms with E-state index < -0.39 is 12.1 Å². The van der Waals surface area contributed by atoms with Gasteiger partial charge in [0.05, 0.1) is 36.4 Å². The highest BCUT2D eigenvalue weighted by atomic mass is 32.1. The van der Waals surface area contributed by atoms with Crippen molar-refractivity contribution in [3.8, 4) is 11.5 Å². The number of rotatable bonds is 8. The van der Waals surface area contributed by atoms with E-state index in [9.17, 15) is 14.4 Å². The number of carbonyl (C=O) groups excluding carboxylic acids is 3. The van der Waals surface area contributed by atoms with Crippen LogP contribution in [0.25, 0.3) is 0 Å². The van der Waals surface area contributed by atoms with Gasteiger partial charge in [-0.3, -0.25) is 9.59 Å². The zero-order valence-electron chi connectivity index (χ0n) is 20.3. The first kappa shape index (κ1) is 25.2. The van der Waals surface area contributed by atoms with Crippen LogP contribution >= 0.6 is 11.3 Å². The lowest BCUT2D eigenvalue weighted by atomic mass is 9.87. The Bertz CT molecular complexity index is 1260. The van der Waals surface area contributed by atoms with Crippen LogP contribution in [0.15, 0.2) is 53.9 Å². The molecule has 0 saturated carbocycles. The summed E-state index contributed by atoms with van der Waals surface area (Å²) in [5.74, 6) is -0.951. The lowest BCUT2D eigenvalue weighted by Crippen LogP contribution is -2.39. The van der Waals surface area contributed by atoms with E-state index in [1.54, 1.807) is 17.5 Å². The van der Waals surface area contributed by atoms with Crippen LogP contribution < -0.4 is 20.1 Å². The second-order valence-corrected chi connectivity index (χ2v) is 9.34. The van der Waals surface area contributed by atoms with Gasteiger partial charge in [0.2, 0.25) is 0 Å². The molecule has 0 bridgehead atoms. The minimum absolute atomic E-state index is 0.108. The van der Waals surface area contributed by atoms with Crippen LogP contribution in [0.1, 0.15) is 57.0 Å². The van der Waals surface area contributed by atoms with Crippen LogP contribution in [0.5, 0.6) is 11.5 Å². The molecule has 4 rings (SSSR count). The molecule has 2 atom stereocenters. The topological polar surface area (TPSA) is 103 Å². The van der Waals surface area contributed by atoms with Crippen LogP contribution in [0.3, 0.4) is 0 Å². The SMILES string of the molecule is COc1cc(C(=O)OC(C)C(=O)NC2CCCc3ccccc32)cc(NC(=O)c2cccs2)c1OC. The van der Waals surface area contributed by atoms with Gasteiger partial charge in [0.1, 0.15) is 0 Å². The molecule has 0 fully saturated rings. The number of fused-ring (bicyclic) bond motifs is 1. The highest BCUT2D eigenvalue weighted by molar-refractivity contribution is 7.12. The van der Waals surface area contributed by atoms with Gasteiger partial charge in [0.15, 0.2) is 17.6 Å². The summed E-state index contributed by atoms with van der Waals surface area (Å²) in [6.07, 6.45) is 1.76. The Morgan fingerprint density at radius 1 is 1.06 bits per heavy atom. The molecule has 1 aromatic heterocycles. The molecule has 0 aliphatic heterocycles. The van der Waals surface area contributed by atoms with Gasteiger partial charge >= 0.3 is 5.97 Å². The second-order valence-electron chi connectivity index (χ2n) is 8.39. The van der Waals surface area contributed by atoms with E-state index in [0.717, 1.165) is 24.8 Å². The van der Waals surface area contributed by atoms with Crippen LogP contribution in [-0.4, -0.2) is 38.1 Å². The van der Waals surface area contributed by atoms with Crippen molar-refractivity contribution < 1.29 is 28.6 Å². The number of esters is 1. The summed E-state index contributed by atoms with van der Waals surface area (Å²) in [4.78, 5) is 38.9. The molecule has 1 aliphatic carbocycles. The number of benzene rings is 2. The fourth-order valence-electron chi connectivity index (χ4n) is 4.24. The zero-order valence-corrected chi connectivity index (χ0v) is 21.1. The highest BCUT2D eigenvalue weighted by Crippen LogP contribution is 2.37. The molecule has 2 amide bonds. The monoisotopic (exact) mass is 508 g/mol. The average Bonchev–Trinajstić information content (AvgIpc) is 3.43. The summed E-state index contributed by atoms with van der Waals surface area (Å²) in [6.45, 7) is 1.53. The fraction of sp³-hybridized carbons (Fsp3) is 0.296. The van der Waals surface area contributed by atoms with Gasteiger partial charge in [-0.05, 0) is 60.9 Å². The van der Waals surface area contributed by atoms with Gasteiger partial charge in [0, 0.05) is 0 Å². The van der Waals surface area contributed by atoms with Crippen LogP contribution in [-0.2, 0) is 16.0 Å². The van der Waals surface area contributed by atoms with Crippen molar-refractivity contribution in [2.75, 3.05) is 19.5 Å². The van der Waals surface area contributed by atoms with Gasteiger partial charge in [-0.15, -0.1) is 11.3 Å². The highest BCUT2D eigenvalue weighted by Gasteiger charge is 2.27. The summed E-state index contributed by atoms with van der Waals surface area (Å²) < 4.78 is 16.2. The quantitative estimate of drug-likeness (QED) is 0.426. The standard InChI is InChI=1S/C27H28N2O6S/c1-16(25(30)28-20-11-6-9-17-8-4-5-10-19(17)20)35-27(32)18-14-21(24(34-3)22(15-18)33-2)29-26(31)23-12-7-13-36-23/h4-5,7-8,10,12-16,20H,6,9,11H2,1-3H3,(H,28,30)(H,29,31). The third-order valence-electron chi connectivity index (χ3n) is 6.05. The molecule has 2 N–H and O–H groups in total. The van der Waals surface area contributed by atoms with Crippen molar-refractivity contribution in [2.45, 2.75) is 38.3 Å². The van der Waals surface area contributed by atoms with E-state index in [4.69, 9.17) is 14.2 Å². The Hall–Kier alpha value is -3.85. The van der Waals surface area contributed by atoms with Gasteiger partial charge in [-0.1, -0.05) is 30.3 Å². The van der Waals surface area contributed by atoms with Gasteiger partial charge < -0.3 is 24.8 Å². The Morgan fingerprint density at radius 3 is 2.58 bits per heavy atom. The molecule has 8 nitrogen and oxygen atoms in total. The van der Waals surface area contributed by atoms with Gasteiger partial charge in [-0.25, -0.2) is 4.79 Å². The van der Waals surface area contributed by atoms with Crippen molar-refractivity contribution >= 4 is 34.8 Å². The Morgan fingerprint density at radius 2 is 1.86 bits per heavy atom. The summed E-state index contributed by atoms with van der Waals surface area (Å²) in [5, 5.41) is 7.55. The molecule has 2 aromatic carbocycles. The molecular weight excluding hydrogens is 480 g/mol. The third kappa shape index (κ3) is 5.52. The maximum Gasteiger partial charge on any atom is 0.339 e. The van der Waals surface area contributed by atoms with Crippen molar-refractivity contribution in [2.24, 2.45) is 0 Å². The fourth-order valence-corrected chi connectivity index (χ4v) is 4.86. The number of aryl methyl sites for hydroxylation is 1. The number of methoxy groups -OCH3 is 2. The average molecular weight is 509 g/mol. The van der Waals surface area contributed by atoms with Gasteiger partial charge in [-0.2, -0.15) is 0 Å². The summed E-state index contributed by atoms with van der Waals surface area (Å²) in [7, 11) is 2.86. The number of amides is 2. The van der Waals surface area contributed by atoms with Crippen LogP contribution in [0, 0.1) is 0 Å². The molecule has 1 aliphatic rings. The molecule has 0 saturated heterocycles. The predicted octanol–water partition coefficient (Wildman–Crippen LogP) is 4.76. The number of carbonyl (C=O) groups is 3. The van der Waals surface area contributed by atoms with E-state index >= 15 is 0 Å². The Balaban J connectivity index is 1.48. The first-order valence-electron chi connectivity index (χ1n) is 11.6. The largest absolute Gasteiger partial charge is 0.493 e. The molecule has 36 heavy (non-hydrogen) atoms. The molecular formula is C27H28N2O6S. The van der Waals surface area contributed by atoms with Crippen LogP contribution in [0.4, 0.5) is 5.69 Å². The number of hydrogen-bond acceptors (Lipinski definition) is 7. The van der Waals surface area contributed by atoms with Crippen molar-refractivity contribution in [1.29, 1.82) is 0 Å². The van der Waals surface area contributed by atoms with E-state index in [1.165, 1.54) is 50.2 Å². The zero-order chi connectivity index (χ0) is 25.7. The lowest BCUT2D eigenvalue weighted by molar-refractivity contribution is -0.130. The first-order valence-corrected chi connectivity index (χ1v) is 12.5. The number of anilines is 1.